The summed E-state index contributed by atoms with van der Waals surface area (Å²) in [6.45, 7) is -0.473. The van der Waals surface area contributed by atoms with E-state index in [9.17, 15) is 22.0 Å². The first kappa shape index (κ1) is 13.4. The minimum Gasteiger partial charge on any atom is -0.398 e. The van der Waals surface area contributed by atoms with Gasteiger partial charge in [-0.15, -0.1) is 13.2 Å². The average molecular weight is 257 g/mol. The van der Waals surface area contributed by atoms with Gasteiger partial charge < -0.3 is 16.2 Å². The molecule has 0 saturated heterocycles. The number of hydrogen-bond acceptors (Lipinski definition) is 4. The van der Waals surface area contributed by atoms with Crippen molar-refractivity contribution < 1.29 is 26.7 Å². The molecule has 1 rings (SSSR count). The molecule has 96 valence electrons. The third-order valence-electron chi connectivity index (χ3n) is 1.78. The molecular weight excluding hydrogens is 249 g/mol. The van der Waals surface area contributed by atoms with Crippen LogP contribution in [0, 0.1) is 0 Å². The zero-order valence-corrected chi connectivity index (χ0v) is 8.26. The van der Waals surface area contributed by atoms with Crippen LogP contribution >= 0.6 is 0 Å². The summed E-state index contributed by atoms with van der Waals surface area (Å²) in [5.74, 6) is -0.917. The van der Waals surface area contributed by atoms with Gasteiger partial charge in [0, 0.05) is 18.3 Å². The summed E-state index contributed by atoms with van der Waals surface area (Å²) in [4.78, 5) is 3.23. The maximum absolute atomic E-state index is 12.5. The number of aromatic nitrogens is 1. The minimum absolute atomic E-state index is 0.431. The van der Waals surface area contributed by atoms with E-state index in [1.54, 1.807) is 0 Å². The molecule has 0 aliphatic heterocycles. The first-order chi connectivity index (χ1) is 7.74. The van der Waals surface area contributed by atoms with Crippen molar-refractivity contribution in [3.63, 3.8) is 0 Å². The minimum atomic E-state index is -4.97. The molecule has 0 aromatic carbocycles. The number of ether oxygens (including phenoxy) is 1. The predicted molar refractivity (Wildman–Crippen MR) is 48.2 cm³/mol. The van der Waals surface area contributed by atoms with Crippen LogP contribution in [0.25, 0.3) is 0 Å². The Morgan fingerprint density at radius 2 is 1.94 bits per heavy atom. The van der Waals surface area contributed by atoms with Crippen LogP contribution in [0.3, 0.4) is 0 Å². The second kappa shape index (κ2) is 4.70. The third-order valence-corrected chi connectivity index (χ3v) is 1.78. The van der Waals surface area contributed by atoms with Gasteiger partial charge in [0.15, 0.2) is 0 Å². The van der Waals surface area contributed by atoms with Crippen molar-refractivity contribution in [2.45, 2.75) is 19.3 Å². The SMILES string of the molecule is NCc1nc(OC(F)(F)F)cc(N)c1C(F)F. The molecular formula is C8H8F5N3O. The van der Waals surface area contributed by atoms with Gasteiger partial charge in [0.2, 0.25) is 5.88 Å². The van der Waals surface area contributed by atoms with Crippen molar-refractivity contribution in [2.24, 2.45) is 5.73 Å². The van der Waals surface area contributed by atoms with Crippen molar-refractivity contribution in [3.05, 3.63) is 17.3 Å². The fourth-order valence-electron chi connectivity index (χ4n) is 1.18. The molecule has 0 radical (unpaired) electrons. The molecule has 0 unspecified atom stereocenters. The highest BCUT2D eigenvalue weighted by molar-refractivity contribution is 5.52. The van der Waals surface area contributed by atoms with Crippen LogP contribution in [0.5, 0.6) is 5.88 Å². The maximum Gasteiger partial charge on any atom is 0.574 e. The number of halogens is 5. The Labute approximate surface area is 92.4 Å². The fraction of sp³-hybridized carbons (Fsp3) is 0.375. The number of rotatable bonds is 3. The van der Waals surface area contributed by atoms with E-state index in [2.05, 4.69) is 9.72 Å². The Morgan fingerprint density at radius 1 is 1.35 bits per heavy atom. The highest BCUT2D eigenvalue weighted by Crippen LogP contribution is 2.31. The average Bonchev–Trinajstić information content (AvgIpc) is 2.12. The lowest BCUT2D eigenvalue weighted by Gasteiger charge is -2.13. The van der Waals surface area contributed by atoms with E-state index in [1.807, 2.05) is 0 Å². The lowest BCUT2D eigenvalue weighted by atomic mass is 10.1. The largest absolute Gasteiger partial charge is 0.574 e. The van der Waals surface area contributed by atoms with E-state index in [4.69, 9.17) is 11.5 Å². The highest BCUT2D eigenvalue weighted by atomic mass is 19.4. The molecule has 4 N–H and O–H groups in total. The Hall–Kier alpha value is -1.64. The number of alkyl halides is 5. The first-order valence-electron chi connectivity index (χ1n) is 4.28. The Balaban J connectivity index is 3.18. The molecule has 1 heterocycles. The van der Waals surface area contributed by atoms with Crippen molar-refractivity contribution in [1.29, 1.82) is 0 Å². The quantitative estimate of drug-likeness (QED) is 0.812. The Kier molecular flexibility index (Phi) is 3.71. The van der Waals surface area contributed by atoms with Crippen LogP contribution < -0.4 is 16.2 Å². The molecule has 0 bridgehead atoms. The molecule has 17 heavy (non-hydrogen) atoms. The van der Waals surface area contributed by atoms with E-state index < -0.39 is 42.2 Å². The van der Waals surface area contributed by atoms with Gasteiger partial charge in [0.25, 0.3) is 6.43 Å². The third kappa shape index (κ3) is 3.41. The van der Waals surface area contributed by atoms with Gasteiger partial charge in [-0.05, 0) is 0 Å². The van der Waals surface area contributed by atoms with E-state index in [1.165, 1.54) is 0 Å². The van der Waals surface area contributed by atoms with Gasteiger partial charge >= 0.3 is 6.36 Å². The van der Waals surface area contributed by atoms with Gasteiger partial charge in [0.1, 0.15) is 0 Å². The molecule has 0 atom stereocenters. The second-order valence-corrected chi connectivity index (χ2v) is 2.96. The van der Waals surface area contributed by atoms with Gasteiger partial charge in [0.05, 0.1) is 11.3 Å². The van der Waals surface area contributed by atoms with E-state index in [0.29, 0.717) is 6.07 Å². The summed E-state index contributed by atoms with van der Waals surface area (Å²) in [6.07, 6.45) is -7.95. The van der Waals surface area contributed by atoms with E-state index in [0.717, 1.165) is 0 Å². The smallest absolute Gasteiger partial charge is 0.398 e. The second-order valence-electron chi connectivity index (χ2n) is 2.96. The standard InChI is InChI=1S/C8H8F5N3O/c9-7(10)6-3(15)1-5(16-4(6)2-14)17-8(11,12)13/h1,7H,2,14H2,(H2,15,16). The number of nitrogen functional groups attached to an aromatic ring is 1. The van der Waals surface area contributed by atoms with Gasteiger partial charge in [-0.3, -0.25) is 0 Å². The summed E-state index contributed by atoms with van der Waals surface area (Å²) in [6, 6.07) is 0.578. The molecule has 0 saturated carbocycles. The van der Waals surface area contributed by atoms with Crippen LogP contribution in [-0.4, -0.2) is 11.3 Å². The van der Waals surface area contributed by atoms with Crippen LogP contribution in [0.2, 0.25) is 0 Å². The Bertz CT molecular complexity index is 407. The zero-order valence-electron chi connectivity index (χ0n) is 8.26. The molecule has 0 amide bonds. The molecule has 0 spiro atoms. The summed E-state index contributed by atoms with van der Waals surface area (Å²) in [7, 11) is 0. The monoisotopic (exact) mass is 257 g/mol. The van der Waals surface area contributed by atoms with Crippen molar-refractivity contribution >= 4 is 5.69 Å². The number of pyridine rings is 1. The lowest BCUT2D eigenvalue weighted by molar-refractivity contribution is -0.276. The van der Waals surface area contributed by atoms with Crippen LogP contribution in [0.15, 0.2) is 6.07 Å². The zero-order chi connectivity index (χ0) is 13.2. The van der Waals surface area contributed by atoms with Crippen molar-refractivity contribution in [2.75, 3.05) is 5.73 Å². The van der Waals surface area contributed by atoms with Crippen LogP contribution in [-0.2, 0) is 6.54 Å². The normalized spacial score (nSPS) is 11.9. The summed E-state index contributed by atoms with van der Waals surface area (Å²) < 4.78 is 64.1. The summed E-state index contributed by atoms with van der Waals surface area (Å²) in [5, 5.41) is 0. The molecule has 0 aliphatic carbocycles. The van der Waals surface area contributed by atoms with Gasteiger partial charge in [-0.1, -0.05) is 0 Å². The molecule has 0 fully saturated rings. The molecule has 9 heteroatoms. The first-order valence-corrected chi connectivity index (χ1v) is 4.28. The molecule has 1 aromatic rings. The van der Waals surface area contributed by atoms with Crippen LogP contribution in [0.1, 0.15) is 17.7 Å². The molecule has 0 aliphatic rings. The summed E-state index contributed by atoms with van der Waals surface area (Å²) >= 11 is 0. The number of nitrogens with zero attached hydrogens (tertiary/aromatic N) is 1. The van der Waals surface area contributed by atoms with Crippen LogP contribution in [0.4, 0.5) is 27.6 Å². The van der Waals surface area contributed by atoms with Crippen molar-refractivity contribution in [3.8, 4) is 5.88 Å². The van der Waals surface area contributed by atoms with E-state index >= 15 is 0 Å². The molecule has 4 nitrogen and oxygen atoms in total. The number of nitrogens with two attached hydrogens (primary N) is 2. The molecule has 1 aromatic heterocycles. The summed E-state index contributed by atoms with van der Waals surface area (Å²) in [5.41, 5.74) is 8.64. The fourth-order valence-corrected chi connectivity index (χ4v) is 1.18. The topological polar surface area (TPSA) is 74.2 Å². The highest BCUT2D eigenvalue weighted by Gasteiger charge is 2.32. The van der Waals surface area contributed by atoms with Crippen molar-refractivity contribution in [1.82, 2.24) is 4.98 Å². The lowest BCUT2D eigenvalue weighted by Crippen LogP contribution is -2.19. The predicted octanol–water partition coefficient (Wildman–Crippen LogP) is 1.96. The maximum atomic E-state index is 12.5. The van der Waals surface area contributed by atoms with Gasteiger partial charge in [-0.2, -0.15) is 0 Å². The Morgan fingerprint density at radius 3 is 2.35 bits per heavy atom. The van der Waals surface area contributed by atoms with Gasteiger partial charge in [-0.25, -0.2) is 13.8 Å². The number of hydrogen-bond donors (Lipinski definition) is 2. The number of anilines is 1. The van der Waals surface area contributed by atoms with E-state index in [-0.39, 0.29) is 0 Å².